The van der Waals surface area contributed by atoms with Gasteiger partial charge in [0.2, 0.25) is 0 Å². The van der Waals surface area contributed by atoms with Crippen LogP contribution in [-0.4, -0.2) is 16.9 Å². The lowest BCUT2D eigenvalue weighted by Gasteiger charge is -2.14. The van der Waals surface area contributed by atoms with Gasteiger partial charge in [0.1, 0.15) is 5.49 Å². The molecule has 2 heterocycles. The Morgan fingerprint density at radius 2 is 1.12 bits per heavy atom. The molecular weight excluding hydrogens is 523 g/mol. The van der Waals surface area contributed by atoms with Crippen LogP contribution in [-0.2, 0) is 0 Å². The van der Waals surface area contributed by atoms with Gasteiger partial charge in [-0.05, 0) is 140 Å². The summed E-state index contributed by atoms with van der Waals surface area (Å²) < 4.78 is 30.0. The number of fused-ring (bicyclic) bond motifs is 2. The third-order valence-corrected chi connectivity index (χ3v) is 7.98. The maximum atomic E-state index is 14.5. The van der Waals surface area contributed by atoms with Crippen molar-refractivity contribution in [3.8, 4) is 22.3 Å². The highest BCUT2D eigenvalue weighted by Gasteiger charge is 2.21. The zero-order valence-corrected chi connectivity index (χ0v) is 24.8. The largest absolute Gasteiger partial charge is 0.679 e. The van der Waals surface area contributed by atoms with Crippen LogP contribution in [0.25, 0.3) is 44.1 Å². The Kier molecular flexibility index (Phi) is 7.01. The standard InChI is InChI=1S/C36H32BF2N3/c1-21-15-23(3)35(24(4)16-21)29-7-11-31-27(19-29)9-13-33(40-31)41-34-14-10-28-20-30(8-12-32(28)42(34)37(38)39)36-25(5)17-22(2)18-26(36)6/h7-20H,1-6H3. The Morgan fingerprint density at radius 1 is 0.595 bits per heavy atom. The third kappa shape index (κ3) is 5.02. The molecule has 0 spiro atoms. The first-order valence-corrected chi connectivity index (χ1v) is 14.1. The van der Waals surface area contributed by atoms with Gasteiger partial charge >= 0.3 is 7.40 Å². The molecule has 0 aliphatic heterocycles. The molecule has 0 amide bonds. The third-order valence-electron chi connectivity index (χ3n) is 7.98. The molecule has 3 nitrogen and oxygen atoms in total. The lowest BCUT2D eigenvalue weighted by molar-refractivity contribution is 0.627. The fourth-order valence-electron chi connectivity index (χ4n) is 6.45. The van der Waals surface area contributed by atoms with Crippen molar-refractivity contribution < 1.29 is 8.63 Å². The van der Waals surface area contributed by atoms with E-state index in [1.807, 2.05) is 30.3 Å². The van der Waals surface area contributed by atoms with E-state index in [1.54, 1.807) is 18.2 Å². The van der Waals surface area contributed by atoms with Crippen LogP contribution in [0.15, 0.2) is 89.9 Å². The number of hydrogen-bond acceptors (Lipinski definition) is 2. The van der Waals surface area contributed by atoms with Crippen molar-refractivity contribution in [1.29, 1.82) is 0 Å². The van der Waals surface area contributed by atoms with Crippen molar-refractivity contribution in [3.63, 3.8) is 0 Å². The summed E-state index contributed by atoms with van der Waals surface area (Å²) >= 11 is 0. The van der Waals surface area contributed by atoms with Crippen LogP contribution in [0.4, 0.5) is 14.4 Å². The van der Waals surface area contributed by atoms with E-state index in [4.69, 9.17) is 4.98 Å². The van der Waals surface area contributed by atoms with E-state index in [1.165, 1.54) is 38.9 Å². The average Bonchev–Trinajstić information content (AvgIpc) is 2.91. The van der Waals surface area contributed by atoms with Crippen molar-refractivity contribution in [2.24, 2.45) is 4.99 Å². The van der Waals surface area contributed by atoms with Crippen LogP contribution in [0, 0.1) is 41.5 Å². The summed E-state index contributed by atoms with van der Waals surface area (Å²) in [6.45, 7) is 12.6. The summed E-state index contributed by atoms with van der Waals surface area (Å²) in [5, 5.41) is 1.70. The molecule has 42 heavy (non-hydrogen) atoms. The van der Waals surface area contributed by atoms with E-state index < -0.39 is 7.40 Å². The Labute approximate surface area is 245 Å². The molecule has 0 bridgehead atoms. The molecule has 0 saturated carbocycles. The fraction of sp³-hybridized carbons (Fsp3) is 0.167. The minimum Gasteiger partial charge on any atom is -0.310 e. The molecule has 0 radical (unpaired) electrons. The molecule has 0 atom stereocenters. The fourth-order valence-corrected chi connectivity index (χ4v) is 6.45. The summed E-state index contributed by atoms with van der Waals surface area (Å²) in [6.07, 6.45) is 0. The number of rotatable bonds is 4. The second kappa shape index (κ2) is 10.7. The van der Waals surface area contributed by atoms with Crippen LogP contribution in [0.3, 0.4) is 0 Å². The monoisotopic (exact) mass is 555 g/mol. The molecule has 0 N–H and O–H groups in total. The molecule has 208 valence electrons. The summed E-state index contributed by atoms with van der Waals surface area (Å²) in [5.74, 6) is 0.384. The topological polar surface area (TPSA) is 30.2 Å². The van der Waals surface area contributed by atoms with Crippen molar-refractivity contribution in [2.45, 2.75) is 41.5 Å². The maximum absolute atomic E-state index is 14.5. The lowest BCUT2D eigenvalue weighted by atomic mass is 9.93. The van der Waals surface area contributed by atoms with Crippen molar-refractivity contribution >= 4 is 35.0 Å². The highest BCUT2D eigenvalue weighted by molar-refractivity contribution is 6.42. The van der Waals surface area contributed by atoms with Gasteiger partial charge in [-0.2, -0.15) is 0 Å². The smallest absolute Gasteiger partial charge is 0.310 e. The van der Waals surface area contributed by atoms with Crippen LogP contribution < -0.4 is 5.49 Å². The van der Waals surface area contributed by atoms with Gasteiger partial charge in [-0.25, -0.2) is 9.98 Å². The first kappa shape index (κ1) is 27.6. The number of nitrogens with zero attached hydrogens (tertiary/aromatic N) is 3. The summed E-state index contributed by atoms with van der Waals surface area (Å²) in [4.78, 5) is 9.27. The number of halogens is 2. The zero-order valence-electron chi connectivity index (χ0n) is 24.8. The predicted octanol–water partition coefficient (Wildman–Crippen LogP) is 9.38. The SMILES string of the molecule is Cc1cc(C)c(-c2ccc3nc(N=c4ccc5cc(-c6c(C)cc(C)cc6C)ccc5n4B(F)F)ccc3c2)c(C)c1. The van der Waals surface area contributed by atoms with Crippen molar-refractivity contribution in [2.75, 3.05) is 0 Å². The Balaban J connectivity index is 1.42. The summed E-state index contributed by atoms with van der Waals surface area (Å²) in [7, 11) is -2.76. The highest BCUT2D eigenvalue weighted by atomic mass is 19.2. The van der Waals surface area contributed by atoms with Crippen LogP contribution in [0.5, 0.6) is 0 Å². The summed E-state index contributed by atoms with van der Waals surface area (Å²) in [6, 6.07) is 27.7. The normalized spacial score (nSPS) is 12.0. The van der Waals surface area contributed by atoms with Crippen LogP contribution in [0.2, 0.25) is 0 Å². The van der Waals surface area contributed by atoms with E-state index in [2.05, 4.69) is 82.9 Å². The van der Waals surface area contributed by atoms with Gasteiger partial charge in [-0.1, -0.05) is 47.5 Å². The molecule has 0 saturated heterocycles. The van der Waals surface area contributed by atoms with Crippen LogP contribution >= 0.6 is 0 Å². The van der Waals surface area contributed by atoms with E-state index in [0.29, 0.717) is 11.3 Å². The van der Waals surface area contributed by atoms with Gasteiger partial charge in [0.25, 0.3) is 0 Å². The maximum Gasteiger partial charge on any atom is 0.679 e. The minimum atomic E-state index is -2.76. The molecule has 0 aliphatic carbocycles. The van der Waals surface area contributed by atoms with Crippen molar-refractivity contribution in [1.82, 2.24) is 9.46 Å². The molecule has 6 aromatic rings. The van der Waals surface area contributed by atoms with Gasteiger partial charge < -0.3 is 4.48 Å². The molecule has 2 aromatic heterocycles. The number of pyridine rings is 2. The van der Waals surface area contributed by atoms with Gasteiger partial charge in [0.15, 0.2) is 5.82 Å². The summed E-state index contributed by atoms with van der Waals surface area (Å²) in [5.41, 5.74) is 13.1. The molecule has 6 rings (SSSR count). The second-order valence-electron chi connectivity index (χ2n) is 11.3. The zero-order chi connectivity index (χ0) is 29.7. The van der Waals surface area contributed by atoms with Gasteiger partial charge in [0.05, 0.1) is 5.52 Å². The van der Waals surface area contributed by atoms with Gasteiger partial charge in [-0.3, -0.25) is 8.63 Å². The molecule has 6 heteroatoms. The number of aromatic nitrogens is 2. The molecule has 0 unspecified atom stereocenters. The predicted molar refractivity (Wildman–Crippen MR) is 172 cm³/mol. The Hall–Kier alpha value is -4.58. The van der Waals surface area contributed by atoms with E-state index in [9.17, 15) is 8.63 Å². The average molecular weight is 555 g/mol. The first-order valence-electron chi connectivity index (χ1n) is 14.1. The van der Waals surface area contributed by atoms with E-state index >= 15 is 0 Å². The van der Waals surface area contributed by atoms with Crippen LogP contribution in [0.1, 0.15) is 33.4 Å². The molecule has 4 aromatic carbocycles. The molecular formula is C36H32BF2N3. The number of hydrogen-bond donors (Lipinski definition) is 0. The Bertz CT molecular complexity index is 2050. The van der Waals surface area contributed by atoms with Gasteiger partial charge in [0, 0.05) is 10.9 Å². The quantitative estimate of drug-likeness (QED) is 0.199. The molecule has 0 fully saturated rings. The molecule has 0 aliphatic rings. The van der Waals surface area contributed by atoms with E-state index in [0.717, 1.165) is 37.5 Å². The lowest BCUT2D eigenvalue weighted by Crippen LogP contribution is -2.29. The Morgan fingerprint density at radius 3 is 1.69 bits per heavy atom. The minimum absolute atomic E-state index is 0.155. The van der Waals surface area contributed by atoms with Gasteiger partial charge in [-0.15, -0.1) is 0 Å². The highest BCUT2D eigenvalue weighted by Crippen LogP contribution is 2.32. The van der Waals surface area contributed by atoms with E-state index in [-0.39, 0.29) is 5.49 Å². The second-order valence-corrected chi connectivity index (χ2v) is 11.3. The number of aryl methyl sites for hydroxylation is 6. The van der Waals surface area contributed by atoms with Crippen molar-refractivity contribution in [3.05, 3.63) is 124 Å². The first-order chi connectivity index (χ1) is 20.1. The number of benzene rings is 4.